The average molecular weight is 370 g/mol. The number of carboxylic acids is 1. The number of carbonyl (C=O) groups excluding carboxylic acids is 3. The zero-order chi connectivity index (χ0) is 20.3. The van der Waals surface area contributed by atoms with Crippen LogP contribution in [0, 0.1) is 0 Å². The van der Waals surface area contributed by atoms with Gasteiger partial charge >= 0.3 is 17.9 Å². The highest BCUT2D eigenvalue weighted by Crippen LogP contribution is 2.27. The molecule has 0 aromatic heterocycles. The van der Waals surface area contributed by atoms with E-state index in [2.05, 4.69) is 0 Å². The molecule has 0 radical (unpaired) electrons. The molecule has 0 atom stereocenters. The number of aromatic hydroxyl groups is 1. The third kappa shape index (κ3) is 10.6. The van der Waals surface area contributed by atoms with Crippen LogP contribution in [0.5, 0.6) is 5.75 Å². The van der Waals surface area contributed by atoms with Gasteiger partial charge in [-0.25, -0.2) is 0 Å². The maximum atomic E-state index is 10.9. The van der Waals surface area contributed by atoms with Crippen molar-refractivity contribution < 1.29 is 43.6 Å². The molecule has 0 saturated carbocycles. The highest BCUT2D eigenvalue weighted by atomic mass is 16.5. The fourth-order valence-corrected chi connectivity index (χ4v) is 1.68. The smallest absolute Gasteiger partial charge is 0.302 e. The van der Waals surface area contributed by atoms with E-state index in [4.69, 9.17) is 24.1 Å². The number of hydrogen-bond acceptors (Lipinski definition) is 8. The summed E-state index contributed by atoms with van der Waals surface area (Å²) in [7, 11) is 0. The number of aliphatic carboxylic acids is 1. The van der Waals surface area contributed by atoms with E-state index in [0.717, 1.165) is 6.92 Å². The SMILES string of the molecule is CC(=O)O.CC(=O)OCc1cc(COC(C)=O)c(O)c(COC(C)=O)c1. The Morgan fingerprint density at radius 1 is 0.769 bits per heavy atom. The molecule has 1 rings (SSSR count). The molecule has 9 heteroatoms. The summed E-state index contributed by atoms with van der Waals surface area (Å²) in [5.41, 5.74) is 1.25. The van der Waals surface area contributed by atoms with Gasteiger partial charge in [0.1, 0.15) is 25.6 Å². The van der Waals surface area contributed by atoms with Crippen LogP contribution in [0.15, 0.2) is 12.1 Å². The van der Waals surface area contributed by atoms with Crippen LogP contribution < -0.4 is 0 Å². The van der Waals surface area contributed by atoms with Gasteiger partial charge in [-0.1, -0.05) is 0 Å². The molecule has 0 amide bonds. The zero-order valence-corrected chi connectivity index (χ0v) is 15.0. The van der Waals surface area contributed by atoms with Gasteiger partial charge in [-0.3, -0.25) is 19.2 Å². The van der Waals surface area contributed by atoms with Crippen molar-refractivity contribution in [3.8, 4) is 5.75 Å². The van der Waals surface area contributed by atoms with Gasteiger partial charge in [-0.15, -0.1) is 0 Å². The van der Waals surface area contributed by atoms with Crippen LogP contribution in [0.4, 0.5) is 0 Å². The van der Waals surface area contributed by atoms with Crippen LogP contribution in [0.3, 0.4) is 0 Å². The van der Waals surface area contributed by atoms with E-state index < -0.39 is 23.9 Å². The highest BCUT2D eigenvalue weighted by molar-refractivity contribution is 5.67. The summed E-state index contributed by atoms with van der Waals surface area (Å²) in [5, 5.41) is 17.5. The number of rotatable bonds is 6. The van der Waals surface area contributed by atoms with Crippen molar-refractivity contribution in [2.75, 3.05) is 0 Å². The highest BCUT2D eigenvalue weighted by Gasteiger charge is 2.13. The number of phenols is 1. The molecular formula is C17H22O9. The number of carbonyl (C=O) groups is 4. The number of esters is 3. The molecule has 0 saturated heterocycles. The molecule has 26 heavy (non-hydrogen) atoms. The van der Waals surface area contributed by atoms with Crippen LogP contribution in [0.25, 0.3) is 0 Å². The summed E-state index contributed by atoms with van der Waals surface area (Å²) >= 11 is 0. The number of benzene rings is 1. The van der Waals surface area contributed by atoms with Gasteiger partial charge in [0, 0.05) is 38.8 Å². The molecule has 144 valence electrons. The Morgan fingerprint density at radius 3 is 1.38 bits per heavy atom. The van der Waals surface area contributed by atoms with Crippen molar-refractivity contribution in [2.24, 2.45) is 0 Å². The molecular weight excluding hydrogens is 348 g/mol. The maximum Gasteiger partial charge on any atom is 0.302 e. The lowest BCUT2D eigenvalue weighted by atomic mass is 10.0. The lowest BCUT2D eigenvalue weighted by molar-refractivity contribution is -0.143. The second-order valence-corrected chi connectivity index (χ2v) is 5.12. The largest absolute Gasteiger partial charge is 0.507 e. The normalized spacial score (nSPS) is 9.38. The van der Waals surface area contributed by atoms with Crippen molar-refractivity contribution in [1.29, 1.82) is 0 Å². The first-order valence-corrected chi connectivity index (χ1v) is 7.46. The fourth-order valence-electron chi connectivity index (χ4n) is 1.68. The second-order valence-electron chi connectivity index (χ2n) is 5.12. The van der Waals surface area contributed by atoms with E-state index in [1.807, 2.05) is 0 Å². The fraction of sp³-hybridized carbons (Fsp3) is 0.412. The Hall–Kier alpha value is -3.10. The minimum Gasteiger partial charge on any atom is -0.507 e. The van der Waals surface area contributed by atoms with Gasteiger partial charge in [0.15, 0.2) is 0 Å². The molecule has 9 nitrogen and oxygen atoms in total. The Morgan fingerprint density at radius 2 is 1.08 bits per heavy atom. The Kier molecular flexibility index (Phi) is 10.1. The van der Waals surface area contributed by atoms with Crippen molar-refractivity contribution in [3.05, 3.63) is 28.8 Å². The standard InChI is InChI=1S/C15H18O7.C2H4O2/c1-9(16)20-6-12-4-13(7-21-10(2)17)15(19)14(5-12)8-22-11(3)18;1-2(3)4/h4-5,19H,6-8H2,1-3H3;1H3,(H,3,4). The molecule has 2 N–H and O–H groups in total. The van der Waals surface area contributed by atoms with Gasteiger partial charge < -0.3 is 24.4 Å². The molecule has 0 bridgehead atoms. The van der Waals surface area contributed by atoms with E-state index in [9.17, 15) is 19.5 Å². The van der Waals surface area contributed by atoms with E-state index in [0.29, 0.717) is 16.7 Å². The van der Waals surface area contributed by atoms with Gasteiger partial charge in [0.25, 0.3) is 5.97 Å². The third-order valence-corrected chi connectivity index (χ3v) is 2.63. The van der Waals surface area contributed by atoms with Gasteiger partial charge in [-0.2, -0.15) is 0 Å². The number of hydrogen-bond donors (Lipinski definition) is 2. The minimum atomic E-state index is -0.833. The lowest BCUT2D eigenvalue weighted by Gasteiger charge is -2.13. The summed E-state index contributed by atoms with van der Waals surface area (Å²) in [6.45, 7) is 4.58. The van der Waals surface area contributed by atoms with Crippen molar-refractivity contribution in [3.63, 3.8) is 0 Å². The van der Waals surface area contributed by atoms with Crippen LogP contribution >= 0.6 is 0 Å². The average Bonchev–Trinajstić information content (AvgIpc) is 2.50. The molecule has 0 unspecified atom stereocenters. The summed E-state index contributed by atoms with van der Waals surface area (Å²) in [4.78, 5) is 41.6. The predicted octanol–water partition coefficient (Wildman–Crippen LogP) is 1.67. The molecule has 0 spiro atoms. The maximum absolute atomic E-state index is 10.9. The molecule has 0 fully saturated rings. The summed E-state index contributed by atoms with van der Waals surface area (Å²) < 4.78 is 14.6. The first-order chi connectivity index (χ1) is 12.0. The first-order valence-electron chi connectivity index (χ1n) is 7.46. The minimum absolute atomic E-state index is 0.00421. The third-order valence-electron chi connectivity index (χ3n) is 2.63. The van der Waals surface area contributed by atoms with Crippen molar-refractivity contribution in [2.45, 2.75) is 47.5 Å². The number of phenolic OH excluding ortho intramolecular Hbond substituents is 1. The zero-order valence-electron chi connectivity index (χ0n) is 15.0. The van der Waals surface area contributed by atoms with Gasteiger partial charge in [0.2, 0.25) is 0 Å². The van der Waals surface area contributed by atoms with Gasteiger partial charge in [-0.05, 0) is 17.7 Å². The van der Waals surface area contributed by atoms with Crippen molar-refractivity contribution in [1.82, 2.24) is 0 Å². The van der Waals surface area contributed by atoms with Gasteiger partial charge in [0.05, 0.1) is 0 Å². The Labute approximate surface area is 150 Å². The molecule has 0 aliphatic carbocycles. The Balaban J connectivity index is 0.00000141. The van der Waals surface area contributed by atoms with Crippen LogP contribution in [0.1, 0.15) is 44.4 Å². The topological polar surface area (TPSA) is 136 Å². The lowest BCUT2D eigenvalue weighted by Crippen LogP contribution is -2.06. The van der Waals surface area contributed by atoms with Crippen LogP contribution in [0.2, 0.25) is 0 Å². The molecule has 1 aromatic carbocycles. The molecule has 0 aliphatic rings. The monoisotopic (exact) mass is 370 g/mol. The first kappa shape index (κ1) is 22.9. The van der Waals surface area contributed by atoms with E-state index in [1.54, 1.807) is 12.1 Å². The summed E-state index contributed by atoms with van der Waals surface area (Å²) in [5.74, 6) is -2.40. The molecule has 1 aromatic rings. The summed E-state index contributed by atoms with van der Waals surface area (Å²) in [6.07, 6.45) is 0. The summed E-state index contributed by atoms with van der Waals surface area (Å²) in [6, 6.07) is 3.11. The quantitative estimate of drug-likeness (QED) is 0.566. The van der Waals surface area contributed by atoms with Crippen molar-refractivity contribution >= 4 is 23.9 Å². The second kappa shape index (κ2) is 11.5. The molecule has 0 aliphatic heterocycles. The predicted molar refractivity (Wildman–Crippen MR) is 87.8 cm³/mol. The van der Waals surface area contributed by atoms with E-state index in [-0.39, 0.29) is 25.6 Å². The van der Waals surface area contributed by atoms with Crippen LogP contribution in [-0.2, 0) is 53.2 Å². The number of ether oxygens (including phenoxy) is 3. The van der Waals surface area contributed by atoms with E-state index in [1.165, 1.54) is 20.8 Å². The Bertz CT molecular complexity index is 621. The van der Waals surface area contributed by atoms with Crippen LogP contribution in [-0.4, -0.2) is 34.1 Å². The number of carboxylic acid groups (broad SMARTS) is 1. The molecule has 0 heterocycles. The van der Waals surface area contributed by atoms with E-state index >= 15 is 0 Å².